The molecule has 3 rings (SSSR count). The van der Waals surface area contributed by atoms with Gasteiger partial charge in [0.25, 0.3) is 0 Å². The summed E-state index contributed by atoms with van der Waals surface area (Å²) in [6.07, 6.45) is 4.75. The second kappa shape index (κ2) is 13.1. The van der Waals surface area contributed by atoms with Crippen molar-refractivity contribution in [3.8, 4) is 5.75 Å². The van der Waals surface area contributed by atoms with Crippen molar-refractivity contribution in [3.05, 3.63) is 64.4 Å². The minimum absolute atomic E-state index is 0.0980. The Morgan fingerprint density at radius 3 is 2.94 bits per heavy atom. The summed E-state index contributed by atoms with van der Waals surface area (Å²) >= 11 is 1.76. The normalized spacial score (nSPS) is 17.3. The largest absolute Gasteiger partial charge is 0.491 e. The number of nitrogens with zero attached hydrogens (tertiary/aromatic N) is 2. The Labute approximate surface area is 209 Å². The number of benzene rings is 1. The number of rotatable bonds is 13. The number of thiophene rings is 1. The highest BCUT2D eigenvalue weighted by molar-refractivity contribution is 7.10. The van der Waals surface area contributed by atoms with E-state index in [1.165, 1.54) is 10.4 Å². The van der Waals surface area contributed by atoms with Gasteiger partial charge >= 0.3 is 0 Å². The molecule has 1 aliphatic rings. The van der Waals surface area contributed by atoms with Crippen LogP contribution in [0.4, 0.5) is 0 Å². The number of hydrogen-bond donors (Lipinski definition) is 1. The molecule has 0 spiro atoms. The van der Waals surface area contributed by atoms with Crippen LogP contribution < -0.4 is 4.74 Å². The molecule has 1 N–H and O–H groups in total. The van der Waals surface area contributed by atoms with E-state index in [4.69, 9.17) is 4.74 Å². The molecule has 1 amide bonds. The molecule has 3 atom stereocenters. The molecule has 2 aromatic rings. The van der Waals surface area contributed by atoms with Gasteiger partial charge in [-0.05, 0) is 66.8 Å². The van der Waals surface area contributed by atoms with Crippen molar-refractivity contribution in [2.45, 2.75) is 58.6 Å². The van der Waals surface area contributed by atoms with Crippen LogP contribution in [0.3, 0.4) is 0 Å². The third kappa shape index (κ3) is 7.42. The van der Waals surface area contributed by atoms with E-state index < -0.39 is 6.10 Å². The van der Waals surface area contributed by atoms with E-state index in [1.54, 1.807) is 11.3 Å². The maximum Gasteiger partial charge on any atom is 0.237 e. The van der Waals surface area contributed by atoms with Gasteiger partial charge in [-0.15, -0.1) is 17.9 Å². The minimum Gasteiger partial charge on any atom is -0.491 e. The standard InChI is InChI=1S/C28H40N2O3S/c1-5-7-10-23(31)18-29(17-21(3)6-2)19-28(32)30-14-12-27-25(13-15-34-27)26(30)20-33-24-11-8-9-22(4)16-24/h5,8-9,11,13,15-16,21,23,26,31H,1,6-7,10,12,14,17-20H2,2-4H3. The maximum atomic E-state index is 13.6. The van der Waals surface area contributed by atoms with Crippen LogP contribution in [0, 0.1) is 12.8 Å². The molecule has 0 aliphatic carbocycles. The van der Waals surface area contributed by atoms with Gasteiger partial charge in [-0.1, -0.05) is 38.5 Å². The van der Waals surface area contributed by atoms with Gasteiger partial charge in [0, 0.05) is 24.5 Å². The summed E-state index contributed by atoms with van der Waals surface area (Å²) in [4.78, 5) is 19.1. The summed E-state index contributed by atoms with van der Waals surface area (Å²) in [6, 6.07) is 10.1. The van der Waals surface area contributed by atoms with Crippen molar-refractivity contribution >= 4 is 17.2 Å². The van der Waals surface area contributed by atoms with Gasteiger partial charge in [0.2, 0.25) is 5.91 Å². The predicted octanol–water partition coefficient (Wildman–Crippen LogP) is 5.24. The van der Waals surface area contributed by atoms with Gasteiger partial charge in [-0.2, -0.15) is 0 Å². The van der Waals surface area contributed by atoms with E-state index in [9.17, 15) is 9.90 Å². The molecule has 1 aliphatic heterocycles. The Kier molecular flexibility index (Phi) is 10.2. The number of amides is 1. The summed E-state index contributed by atoms with van der Waals surface area (Å²) in [6.45, 7) is 12.9. The Balaban J connectivity index is 1.72. The first-order chi connectivity index (χ1) is 16.4. The van der Waals surface area contributed by atoms with Gasteiger partial charge in [-0.3, -0.25) is 9.69 Å². The van der Waals surface area contributed by atoms with Crippen molar-refractivity contribution < 1.29 is 14.6 Å². The third-order valence-corrected chi connectivity index (χ3v) is 7.61. The van der Waals surface area contributed by atoms with Crippen LogP contribution in [0.15, 0.2) is 48.4 Å². The lowest BCUT2D eigenvalue weighted by molar-refractivity contribution is -0.136. The molecule has 0 bridgehead atoms. The average molecular weight is 485 g/mol. The summed E-state index contributed by atoms with van der Waals surface area (Å²) in [5.41, 5.74) is 2.36. The first-order valence-corrected chi connectivity index (χ1v) is 13.4. The van der Waals surface area contributed by atoms with E-state index >= 15 is 0 Å². The van der Waals surface area contributed by atoms with Crippen molar-refractivity contribution in [3.63, 3.8) is 0 Å². The number of fused-ring (bicyclic) bond motifs is 1. The Bertz CT molecular complexity index is 928. The summed E-state index contributed by atoms with van der Waals surface area (Å²) < 4.78 is 6.18. The number of hydrogen-bond acceptors (Lipinski definition) is 5. The van der Waals surface area contributed by atoms with Crippen LogP contribution in [0.25, 0.3) is 0 Å². The molecule has 6 heteroatoms. The molecule has 1 aromatic carbocycles. The van der Waals surface area contributed by atoms with Gasteiger partial charge in [0.05, 0.1) is 18.7 Å². The molecule has 1 aromatic heterocycles. The van der Waals surface area contributed by atoms with E-state index in [0.717, 1.165) is 37.1 Å². The van der Waals surface area contributed by atoms with Crippen LogP contribution in [-0.2, 0) is 11.2 Å². The van der Waals surface area contributed by atoms with E-state index in [2.05, 4.69) is 49.8 Å². The van der Waals surface area contributed by atoms with Gasteiger partial charge in [0.15, 0.2) is 0 Å². The number of aliphatic hydroxyl groups is 1. The van der Waals surface area contributed by atoms with Crippen LogP contribution in [-0.4, -0.2) is 59.7 Å². The molecule has 5 nitrogen and oxygen atoms in total. The predicted molar refractivity (Wildman–Crippen MR) is 140 cm³/mol. The zero-order chi connectivity index (χ0) is 24.5. The second-order valence-corrected chi connectivity index (χ2v) is 10.5. The first kappa shape index (κ1) is 26.5. The molecule has 0 saturated carbocycles. The van der Waals surface area contributed by atoms with Crippen LogP contribution >= 0.6 is 11.3 Å². The lowest BCUT2D eigenvalue weighted by Crippen LogP contribution is -2.48. The van der Waals surface area contributed by atoms with Crippen LogP contribution in [0.2, 0.25) is 0 Å². The molecular weight excluding hydrogens is 444 g/mol. The number of aliphatic hydroxyl groups excluding tert-OH is 1. The smallest absolute Gasteiger partial charge is 0.237 e. The highest BCUT2D eigenvalue weighted by Gasteiger charge is 2.33. The molecule has 0 saturated heterocycles. The van der Waals surface area contributed by atoms with Crippen molar-refractivity contribution in [2.75, 3.05) is 32.8 Å². The highest BCUT2D eigenvalue weighted by Crippen LogP contribution is 2.34. The summed E-state index contributed by atoms with van der Waals surface area (Å²) in [5.74, 6) is 1.40. The average Bonchev–Trinajstić information content (AvgIpc) is 3.30. The zero-order valence-electron chi connectivity index (χ0n) is 20.9. The molecule has 3 unspecified atom stereocenters. The maximum absolute atomic E-state index is 13.6. The molecular formula is C28H40N2O3S. The van der Waals surface area contributed by atoms with E-state index in [-0.39, 0.29) is 11.9 Å². The van der Waals surface area contributed by atoms with Crippen molar-refractivity contribution in [1.29, 1.82) is 0 Å². The summed E-state index contributed by atoms with van der Waals surface area (Å²) in [5, 5.41) is 12.6. The van der Waals surface area contributed by atoms with Gasteiger partial charge in [-0.25, -0.2) is 0 Å². The molecule has 0 radical (unpaired) electrons. The number of aryl methyl sites for hydroxylation is 1. The third-order valence-electron chi connectivity index (χ3n) is 6.61. The Morgan fingerprint density at radius 1 is 1.38 bits per heavy atom. The Morgan fingerprint density at radius 2 is 2.21 bits per heavy atom. The summed E-state index contributed by atoms with van der Waals surface area (Å²) in [7, 11) is 0. The molecule has 2 heterocycles. The molecule has 186 valence electrons. The highest BCUT2D eigenvalue weighted by atomic mass is 32.1. The fourth-order valence-corrected chi connectivity index (χ4v) is 5.44. The lowest BCUT2D eigenvalue weighted by atomic mass is 10.00. The van der Waals surface area contributed by atoms with Crippen LogP contribution in [0.1, 0.15) is 55.2 Å². The van der Waals surface area contributed by atoms with Gasteiger partial charge in [0.1, 0.15) is 12.4 Å². The number of ether oxygens (including phenoxy) is 1. The van der Waals surface area contributed by atoms with E-state index in [0.29, 0.717) is 38.6 Å². The quantitative estimate of drug-likeness (QED) is 0.395. The number of carbonyl (C=O) groups is 1. The van der Waals surface area contributed by atoms with Crippen molar-refractivity contribution in [1.82, 2.24) is 9.80 Å². The SMILES string of the molecule is C=CCCC(O)CN(CC(=O)N1CCc2sccc2C1COc1cccc(C)c1)CC(C)CC. The van der Waals surface area contributed by atoms with Gasteiger partial charge < -0.3 is 14.7 Å². The molecule has 0 fully saturated rings. The zero-order valence-corrected chi connectivity index (χ0v) is 21.7. The second-order valence-electron chi connectivity index (χ2n) is 9.51. The fraction of sp³-hybridized carbons (Fsp3) is 0.536. The topological polar surface area (TPSA) is 53.0 Å². The fourth-order valence-electron chi connectivity index (χ4n) is 4.51. The Hall–Kier alpha value is -2.15. The number of carbonyl (C=O) groups excluding carboxylic acids is 1. The first-order valence-electron chi connectivity index (χ1n) is 12.5. The van der Waals surface area contributed by atoms with E-state index in [1.807, 2.05) is 29.2 Å². The molecule has 34 heavy (non-hydrogen) atoms. The monoisotopic (exact) mass is 484 g/mol. The lowest BCUT2D eigenvalue weighted by Gasteiger charge is -2.37. The minimum atomic E-state index is -0.458. The van der Waals surface area contributed by atoms with Crippen molar-refractivity contribution in [2.24, 2.45) is 5.92 Å². The number of allylic oxidation sites excluding steroid dienone is 1. The van der Waals surface area contributed by atoms with Crippen LogP contribution in [0.5, 0.6) is 5.75 Å².